The summed E-state index contributed by atoms with van der Waals surface area (Å²) < 4.78 is 0. The predicted octanol–water partition coefficient (Wildman–Crippen LogP) is -0.356. The molecule has 1 atom stereocenters. The zero-order chi connectivity index (χ0) is 12.8. The van der Waals surface area contributed by atoms with Crippen LogP contribution in [0.3, 0.4) is 0 Å². The van der Waals surface area contributed by atoms with Gasteiger partial charge >= 0.3 is 6.03 Å². The first kappa shape index (κ1) is 13.9. The number of hydrogen-bond donors (Lipinski definition) is 3. The lowest BCUT2D eigenvalue weighted by molar-refractivity contribution is -0.125. The Balaban J connectivity index is 2.37. The SMILES string of the molecule is CCNC1CCN(C(C)C(=O)NC(N)=O)CC1. The van der Waals surface area contributed by atoms with Gasteiger partial charge in [-0.15, -0.1) is 0 Å². The zero-order valence-electron chi connectivity index (χ0n) is 10.5. The van der Waals surface area contributed by atoms with Gasteiger partial charge in [0.05, 0.1) is 6.04 Å². The number of likely N-dealkylation sites (tertiary alicyclic amines) is 1. The molecule has 17 heavy (non-hydrogen) atoms. The second-order valence-corrected chi connectivity index (χ2v) is 4.40. The van der Waals surface area contributed by atoms with E-state index in [4.69, 9.17) is 5.73 Å². The molecule has 6 nitrogen and oxygen atoms in total. The highest BCUT2D eigenvalue weighted by atomic mass is 16.2. The summed E-state index contributed by atoms with van der Waals surface area (Å²) in [5, 5.41) is 5.52. The van der Waals surface area contributed by atoms with Crippen LogP contribution in [-0.4, -0.2) is 48.6 Å². The molecular formula is C11H22N4O2. The Hall–Kier alpha value is -1.14. The van der Waals surface area contributed by atoms with Crippen molar-refractivity contribution in [3.8, 4) is 0 Å². The van der Waals surface area contributed by atoms with Crippen LogP contribution in [0, 0.1) is 0 Å². The monoisotopic (exact) mass is 242 g/mol. The molecule has 1 aliphatic heterocycles. The lowest BCUT2D eigenvalue weighted by atomic mass is 10.0. The Kier molecular flexibility index (Phi) is 5.37. The van der Waals surface area contributed by atoms with Gasteiger partial charge in [0.15, 0.2) is 0 Å². The number of nitrogens with two attached hydrogens (primary N) is 1. The van der Waals surface area contributed by atoms with Gasteiger partial charge in [0.2, 0.25) is 5.91 Å². The lowest BCUT2D eigenvalue weighted by Crippen LogP contribution is -2.52. The van der Waals surface area contributed by atoms with Crippen molar-refractivity contribution in [1.29, 1.82) is 0 Å². The number of primary amides is 1. The molecule has 0 saturated carbocycles. The maximum absolute atomic E-state index is 11.6. The second-order valence-electron chi connectivity index (χ2n) is 4.40. The van der Waals surface area contributed by atoms with Gasteiger partial charge in [-0.1, -0.05) is 6.92 Å². The summed E-state index contributed by atoms with van der Waals surface area (Å²) in [6.45, 7) is 6.60. The maximum Gasteiger partial charge on any atom is 0.318 e. The summed E-state index contributed by atoms with van der Waals surface area (Å²) in [6.07, 6.45) is 2.06. The number of piperidine rings is 1. The molecule has 1 unspecified atom stereocenters. The van der Waals surface area contributed by atoms with E-state index >= 15 is 0 Å². The van der Waals surface area contributed by atoms with Crippen molar-refractivity contribution in [3.05, 3.63) is 0 Å². The standard InChI is InChI=1S/C11H22N4O2/c1-3-13-9-4-6-15(7-5-9)8(2)10(16)14-11(12)17/h8-9,13H,3-7H2,1-2H3,(H3,12,14,16,17). The summed E-state index contributed by atoms with van der Waals surface area (Å²) in [5.41, 5.74) is 4.92. The van der Waals surface area contributed by atoms with Crippen LogP contribution in [0.25, 0.3) is 0 Å². The van der Waals surface area contributed by atoms with Crippen molar-refractivity contribution in [2.75, 3.05) is 19.6 Å². The minimum absolute atomic E-state index is 0.301. The highest BCUT2D eigenvalue weighted by Crippen LogP contribution is 2.13. The fourth-order valence-corrected chi connectivity index (χ4v) is 2.17. The molecule has 0 spiro atoms. The van der Waals surface area contributed by atoms with Crippen LogP contribution >= 0.6 is 0 Å². The number of amides is 3. The summed E-state index contributed by atoms with van der Waals surface area (Å²) in [4.78, 5) is 24.3. The molecule has 0 aromatic rings. The average molecular weight is 242 g/mol. The van der Waals surface area contributed by atoms with E-state index < -0.39 is 6.03 Å². The van der Waals surface area contributed by atoms with E-state index in [2.05, 4.69) is 22.5 Å². The van der Waals surface area contributed by atoms with E-state index in [0.717, 1.165) is 32.5 Å². The Bertz CT molecular complexity index is 275. The van der Waals surface area contributed by atoms with Crippen LogP contribution in [0.1, 0.15) is 26.7 Å². The lowest BCUT2D eigenvalue weighted by Gasteiger charge is -2.35. The van der Waals surface area contributed by atoms with Gasteiger partial charge in [0.25, 0.3) is 0 Å². The normalized spacial score (nSPS) is 19.9. The van der Waals surface area contributed by atoms with Crippen LogP contribution in [0.4, 0.5) is 4.79 Å². The number of rotatable bonds is 4. The first-order valence-electron chi connectivity index (χ1n) is 6.12. The molecule has 3 amide bonds. The molecule has 1 aliphatic rings. The third-order valence-electron chi connectivity index (χ3n) is 3.20. The summed E-state index contributed by atoms with van der Waals surface area (Å²) >= 11 is 0. The summed E-state index contributed by atoms with van der Waals surface area (Å²) in [7, 11) is 0. The maximum atomic E-state index is 11.6. The van der Waals surface area contributed by atoms with Gasteiger partial charge in [-0.2, -0.15) is 0 Å². The number of carbonyl (C=O) groups is 2. The highest BCUT2D eigenvalue weighted by Gasteiger charge is 2.26. The van der Waals surface area contributed by atoms with Crippen LogP contribution in [-0.2, 0) is 4.79 Å². The minimum Gasteiger partial charge on any atom is -0.351 e. The van der Waals surface area contributed by atoms with Crippen molar-refractivity contribution in [1.82, 2.24) is 15.5 Å². The Morgan fingerprint density at radius 2 is 2.00 bits per heavy atom. The topological polar surface area (TPSA) is 87.5 Å². The van der Waals surface area contributed by atoms with Gasteiger partial charge in [-0.05, 0) is 26.3 Å². The summed E-state index contributed by atoms with van der Waals surface area (Å²) in [5.74, 6) is -0.320. The number of nitrogens with one attached hydrogen (secondary N) is 2. The molecule has 1 rings (SSSR count). The molecule has 98 valence electrons. The van der Waals surface area contributed by atoms with Gasteiger partial charge < -0.3 is 11.1 Å². The van der Waals surface area contributed by atoms with Crippen LogP contribution < -0.4 is 16.4 Å². The second kappa shape index (κ2) is 6.56. The molecule has 1 heterocycles. The van der Waals surface area contributed by atoms with Gasteiger partial charge in [-0.25, -0.2) is 4.79 Å². The fraction of sp³-hybridized carbons (Fsp3) is 0.818. The predicted molar refractivity (Wildman–Crippen MR) is 65.5 cm³/mol. The smallest absolute Gasteiger partial charge is 0.318 e. The number of nitrogens with zero attached hydrogens (tertiary/aromatic N) is 1. The van der Waals surface area contributed by atoms with Crippen molar-refractivity contribution in [2.45, 2.75) is 38.8 Å². The molecule has 0 radical (unpaired) electrons. The van der Waals surface area contributed by atoms with Crippen molar-refractivity contribution >= 4 is 11.9 Å². The summed E-state index contributed by atoms with van der Waals surface area (Å²) in [6, 6.07) is -0.544. The number of urea groups is 1. The highest BCUT2D eigenvalue weighted by molar-refractivity contribution is 5.96. The van der Waals surface area contributed by atoms with E-state index in [1.807, 2.05) is 0 Å². The molecule has 4 N–H and O–H groups in total. The van der Waals surface area contributed by atoms with Gasteiger partial charge in [0.1, 0.15) is 0 Å². The third-order valence-corrected chi connectivity index (χ3v) is 3.20. The van der Waals surface area contributed by atoms with E-state index in [9.17, 15) is 9.59 Å². The Morgan fingerprint density at radius 1 is 1.41 bits per heavy atom. The van der Waals surface area contributed by atoms with E-state index in [1.54, 1.807) is 6.92 Å². The molecule has 0 aliphatic carbocycles. The first-order chi connectivity index (χ1) is 8.04. The van der Waals surface area contributed by atoms with Crippen molar-refractivity contribution in [2.24, 2.45) is 5.73 Å². The molecule has 0 aromatic heterocycles. The Morgan fingerprint density at radius 3 is 2.47 bits per heavy atom. The van der Waals surface area contributed by atoms with Gasteiger partial charge in [-0.3, -0.25) is 15.0 Å². The van der Waals surface area contributed by atoms with Crippen LogP contribution in [0.2, 0.25) is 0 Å². The van der Waals surface area contributed by atoms with E-state index in [0.29, 0.717) is 6.04 Å². The average Bonchev–Trinajstić information content (AvgIpc) is 2.28. The number of hydrogen-bond acceptors (Lipinski definition) is 4. The molecule has 0 aromatic carbocycles. The first-order valence-corrected chi connectivity index (χ1v) is 6.12. The zero-order valence-corrected chi connectivity index (χ0v) is 10.5. The molecule has 1 saturated heterocycles. The quantitative estimate of drug-likeness (QED) is 0.628. The largest absolute Gasteiger partial charge is 0.351 e. The molecule has 6 heteroatoms. The third kappa shape index (κ3) is 4.32. The number of imide groups is 1. The fourth-order valence-electron chi connectivity index (χ4n) is 2.17. The van der Waals surface area contributed by atoms with Crippen molar-refractivity contribution < 1.29 is 9.59 Å². The van der Waals surface area contributed by atoms with Gasteiger partial charge in [0, 0.05) is 19.1 Å². The van der Waals surface area contributed by atoms with E-state index in [1.165, 1.54) is 0 Å². The molecule has 1 fully saturated rings. The van der Waals surface area contributed by atoms with E-state index in [-0.39, 0.29) is 11.9 Å². The molecular weight excluding hydrogens is 220 g/mol. The minimum atomic E-state index is -0.788. The number of carbonyl (C=O) groups excluding carboxylic acids is 2. The van der Waals surface area contributed by atoms with Crippen LogP contribution in [0.5, 0.6) is 0 Å². The molecule has 0 bridgehead atoms. The van der Waals surface area contributed by atoms with Crippen molar-refractivity contribution in [3.63, 3.8) is 0 Å². The van der Waals surface area contributed by atoms with Crippen LogP contribution in [0.15, 0.2) is 0 Å². The Labute approximate surface area is 102 Å².